The lowest BCUT2D eigenvalue weighted by atomic mass is 10.1. The van der Waals surface area contributed by atoms with Gasteiger partial charge >= 0.3 is 0 Å². The van der Waals surface area contributed by atoms with Gasteiger partial charge in [0.05, 0.1) is 19.2 Å². The maximum Gasteiger partial charge on any atom is 0.231 e. The molecule has 0 radical (unpaired) electrons. The zero-order chi connectivity index (χ0) is 14.7. The number of rotatable bonds is 3. The van der Waals surface area contributed by atoms with Gasteiger partial charge in [0.25, 0.3) is 0 Å². The molecule has 0 saturated heterocycles. The maximum atomic E-state index is 12.5. The van der Waals surface area contributed by atoms with E-state index in [1.165, 1.54) is 0 Å². The van der Waals surface area contributed by atoms with Gasteiger partial charge in [0.15, 0.2) is 0 Å². The van der Waals surface area contributed by atoms with Crippen molar-refractivity contribution in [2.75, 3.05) is 30.4 Å². The fraction of sp³-hybridized carbons (Fsp3) is 0.250. The van der Waals surface area contributed by atoms with Crippen LogP contribution in [0.1, 0.15) is 5.56 Å². The molecule has 0 saturated carbocycles. The van der Waals surface area contributed by atoms with E-state index in [4.69, 9.17) is 4.74 Å². The Bertz CT molecular complexity index is 640. The highest BCUT2D eigenvalue weighted by atomic mass is 16.5. The van der Waals surface area contributed by atoms with Gasteiger partial charge in [0, 0.05) is 19.3 Å². The number of anilines is 2. The lowest BCUT2D eigenvalue weighted by Crippen LogP contribution is -2.40. The molecule has 2 aromatic rings. The first-order valence-corrected chi connectivity index (χ1v) is 6.90. The Kier molecular flexibility index (Phi) is 3.73. The summed E-state index contributed by atoms with van der Waals surface area (Å²) < 4.78 is 5.13. The molecule has 0 fully saturated rings. The van der Waals surface area contributed by atoms with Gasteiger partial charge in [-0.2, -0.15) is 0 Å². The SMILES string of the molecule is COc1ccc(CC(=O)N2CCNc3ncccc32)cc1. The second-order valence-corrected chi connectivity index (χ2v) is 4.87. The third-order valence-corrected chi connectivity index (χ3v) is 3.52. The number of fused-ring (bicyclic) bond motifs is 1. The average Bonchev–Trinajstić information content (AvgIpc) is 2.55. The van der Waals surface area contributed by atoms with Gasteiger partial charge in [-0.05, 0) is 29.8 Å². The Morgan fingerprint density at radius 2 is 2.14 bits per heavy atom. The molecule has 1 aromatic heterocycles. The van der Waals surface area contributed by atoms with Gasteiger partial charge in [0.1, 0.15) is 11.6 Å². The van der Waals surface area contributed by atoms with E-state index in [2.05, 4.69) is 10.3 Å². The van der Waals surface area contributed by atoms with Crippen LogP contribution in [-0.2, 0) is 11.2 Å². The molecule has 3 rings (SSSR count). The van der Waals surface area contributed by atoms with Gasteiger partial charge < -0.3 is 15.0 Å². The Labute approximate surface area is 123 Å². The van der Waals surface area contributed by atoms with Gasteiger partial charge in [-0.3, -0.25) is 4.79 Å². The van der Waals surface area contributed by atoms with Crippen LogP contribution < -0.4 is 15.0 Å². The molecule has 1 aliphatic rings. The molecule has 5 nitrogen and oxygen atoms in total. The van der Waals surface area contributed by atoms with E-state index in [0.29, 0.717) is 13.0 Å². The molecule has 0 aliphatic carbocycles. The lowest BCUT2D eigenvalue weighted by molar-refractivity contribution is -0.118. The number of pyridine rings is 1. The third kappa shape index (κ3) is 2.81. The van der Waals surface area contributed by atoms with Gasteiger partial charge in [0.2, 0.25) is 5.91 Å². The molecule has 108 valence electrons. The Morgan fingerprint density at radius 3 is 2.90 bits per heavy atom. The second kappa shape index (κ2) is 5.83. The van der Waals surface area contributed by atoms with Crippen LogP contribution in [-0.4, -0.2) is 31.1 Å². The number of benzene rings is 1. The number of nitrogens with zero attached hydrogens (tertiary/aromatic N) is 2. The summed E-state index contributed by atoms with van der Waals surface area (Å²) in [5.74, 6) is 1.64. The fourth-order valence-corrected chi connectivity index (χ4v) is 2.43. The summed E-state index contributed by atoms with van der Waals surface area (Å²) in [4.78, 5) is 18.6. The third-order valence-electron chi connectivity index (χ3n) is 3.52. The highest BCUT2D eigenvalue weighted by Crippen LogP contribution is 2.26. The Morgan fingerprint density at radius 1 is 1.33 bits per heavy atom. The molecule has 0 bridgehead atoms. The van der Waals surface area contributed by atoms with Crippen LogP contribution in [0, 0.1) is 0 Å². The molecule has 1 amide bonds. The normalized spacial score (nSPS) is 13.3. The van der Waals surface area contributed by atoms with Crippen LogP contribution in [0.3, 0.4) is 0 Å². The number of nitrogens with one attached hydrogen (secondary N) is 1. The summed E-state index contributed by atoms with van der Waals surface area (Å²) in [6.45, 7) is 1.38. The number of aromatic nitrogens is 1. The molecule has 0 unspecified atom stereocenters. The number of carbonyl (C=O) groups excluding carboxylic acids is 1. The van der Waals surface area contributed by atoms with E-state index in [1.807, 2.05) is 36.4 Å². The molecular formula is C16H17N3O2. The van der Waals surface area contributed by atoms with Crippen molar-refractivity contribution in [3.8, 4) is 5.75 Å². The van der Waals surface area contributed by atoms with Crippen LogP contribution >= 0.6 is 0 Å². The summed E-state index contributed by atoms with van der Waals surface area (Å²) in [5, 5.41) is 3.20. The van der Waals surface area contributed by atoms with E-state index in [0.717, 1.165) is 29.4 Å². The average molecular weight is 283 g/mol. The van der Waals surface area contributed by atoms with Crippen molar-refractivity contribution in [2.24, 2.45) is 0 Å². The van der Waals surface area contributed by atoms with Gasteiger partial charge in [-0.25, -0.2) is 4.98 Å². The number of amides is 1. The monoisotopic (exact) mass is 283 g/mol. The smallest absolute Gasteiger partial charge is 0.231 e. The summed E-state index contributed by atoms with van der Waals surface area (Å²) in [6.07, 6.45) is 2.10. The van der Waals surface area contributed by atoms with Crippen LogP contribution in [0.2, 0.25) is 0 Å². The minimum Gasteiger partial charge on any atom is -0.497 e. The molecule has 0 atom stereocenters. The van der Waals surface area contributed by atoms with Crippen LogP contribution in [0.4, 0.5) is 11.5 Å². The van der Waals surface area contributed by atoms with E-state index >= 15 is 0 Å². The van der Waals surface area contributed by atoms with Crippen molar-refractivity contribution >= 4 is 17.4 Å². The van der Waals surface area contributed by atoms with E-state index in [9.17, 15) is 4.79 Å². The molecule has 2 heterocycles. The zero-order valence-corrected chi connectivity index (χ0v) is 11.9. The minimum absolute atomic E-state index is 0.0796. The number of hydrogen-bond donors (Lipinski definition) is 1. The topological polar surface area (TPSA) is 54.5 Å². The summed E-state index contributed by atoms with van der Waals surface area (Å²) in [7, 11) is 1.63. The van der Waals surface area contributed by atoms with Crippen LogP contribution in [0.25, 0.3) is 0 Å². The molecule has 1 N–H and O–H groups in total. The number of ether oxygens (including phenoxy) is 1. The minimum atomic E-state index is 0.0796. The largest absolute Gasteiger partial charge is 0.497 e. The highest BCUT2D eigenvalue weighted by Gasteiger charge is 2.22. The molecular weight excluding hydrogens is 266 g/mol. The number of carbonyl (C=O) groups is 1. The van der Waals surface area contributed by atoms with Gasteiger partial charge in [-0.1, -0.05) is 12.1 Å². The lowest BCUT2D eigenvalue weighted by Gasteiger charge is -2.29. The molecule has 1 aliphatic heterocycles. The molecule has 1 aromatic carbocycles. The van der Waals surface area contributed by atoms with Crippen LogP contribution in [0.5, 0.6) is 5.75 Å². The second-order valence-electron chi connectivity index (χ2n) is 4.87. The van der Waals surface area contributed by atoms with Crippen molar-refractivity contribution in [3.63, 3.8) is 0 Å². The van der Waals surface area contributed by atoms with Crippen molar-refractivity contribution in [1.82, 2.24) is 4.98 Å². The summed E-state index contributed by atoms with van der Waals surface area (Å²) in [6, 6.07) is 11.3. The Hall–Kier alpha value is -2.56. The summed E-state index contributed by atoms with van der Waals surface area (Å²) in [5.41, 5.74) is 1.83. The predicted molar refractivity (Wildman–Crippen MR) is 81.8 cm³/mol. The first kappa shape index (κ1) is 13.4. The zero-order valence-electron chi connectivity index (χ0n) is 11.9. The molecule has 5 heteroatoms. The van der Waals surface area contributed by atoms with Crippen LogP contribution in [0.15, 0.2) is 42.6 Å². The maximum absolute atomic E-state index is 12.5. The van der Waals surface area contributed by atoms with E-state index in [-0.39, 0.29) is 5.91 Å². The predicted octanol–water partition coefficient (Wildman–Crippen LogP) is 2.09. The number of methoxy groups -OCH3 is 1. The standard InChI is InChI=1S/C16H17N3O2/c1-21-13-6-4-12(5-7-13)11-15(20)19-10-9-18-16-14(19)3-2-8-17-16/h2-8H,9-11H2,1H3,(H,17,18). The summed E-state index contributed by atoms with van der Waals surface area (Å²) >= 11 is 0. The van der Waals surface area contributed by atoms with Gasteiger partial charge in [-0.15, -0.1) is 0 Å². The first-order chi connectivity index (χ1) is 10.3. The Balaban J connectivity index is 1.76. The van der Waals surface area contributed by atoms with Crippen molar-refractivity contribution < 1.29 is 9.53 Å². The fourth-order valence-electron chi connectivity index (χ4n) is 2.43. The van der Waals surface area contributed by atoms with E-state index in [1.54, 1.807) is 18.2 Å². The quantitative estimate of drug-likeness (QED) is 0.937. The van der Waals surface area contributed by atoms with E-state index < -0.39 is 0 Å². The molecule has 21 heavy (non-hydrogen) atoms. The highest BCUT2D eigenvalue weighted by molar-refractivity contribution is 5.98. The van der Waals surface area contributed by atoms with Crippen molar-refractivity contribution in [3.05, 3.63) is 48.2 Å². The first-order valence-electron chi connectivity index (χ1n) is 6.90. The van der Waals surface area contributed by atoms with Crippen molar-refractivity contribution in [2.45, 2.75) is 6.42 Å². The molecule has 0 spiro atoms. The number of hydrogen-bond acceptors (Lipinski definition) is 4. The van der Waals surface area contributed by atoms with Crippen molar-refractivity contribution in [1.29, 1.82) is 0 Å².